The Balaban J connectivity index is 1.99. The Morgan fingerprint density at radius 3 is 2.52 bits per heavy atom. The van der Waals surface area contributed by atoms with Gasteiger partial charge in [-0.2, -0.15) is 0 Å². The summed E-state index contributed by atoms with van der Waals surface area (Å²) in [6.45, 7) is 9.45. The zero-order chi connectivity index (χ0) is 19.0. The zero-order valence-electron chi connectivity index (χ0n) is 15.3. The van der Waals surface area contributed by atoms with Gasteiger partial charge >= 0.3 is 5.97 Å². The molecule has 4 nitrogen and oxygen atoms in total. The lowest BCUT2D eigenvalue weighted by molar-refractivity contribution is -0.180. The summed E-state index contributed by atoms with van der Waals surface area (Å²) in [6, 6.07) is 4.83. The molecule has 0 heterocycles. The summed E-state index contributed by atoms with van der Waals surface area (Å²) >= 11 is 11.9. The van der Waals surface area contributed by atoms with E-state index in [0.29, 0.717) is 28.6 Å². The van der Waals surface area contributed by atoms with Gasteiger partial charge in [0.1, 0.15) is 11.9 Å². The SMILES string of the molecule is CC(Oc1ccc(Cl)cc1Cl)C(=O)OC1CC(C)C(C)(O)C(C)(C)C1. The number of hydrogen-bond acceptors (Lipinski definition) is 4. The lowest BCUT2D eigenvalue weighted by atomic mass is 9.61. The van der Waals surface area contributed by atoms with Crippen LogP contribution in [-0.2, 0) is 9.53 Å². The first-order valence-electron chi connectivity index (χ1n) is 8.48. The van der Waals surface area contributed by atoms with Crippen LogP contribution < -0.4 is 4.74 Å². The first-order valence-corrected chi connectivity index (χ1v) is 9.24. The maximum Gasteiger partial charge on any atom is 0.347 e. The van der Waals surface area contributed by atoms with Crippen molar-refractivity contribution in [3.05, 3.63) is 28.2 Å². The molecule has 1 aromatic rings. The highest BCUT2D eigenvalue weighted by Gasteiger charge is 2.50. The monoisotopic (exact) mass is 388 g/mol. The molecule has 2 rings (SSSR count). The first-order chi connectivity index (χ1) is 11.4. The molecule has 0 bridgehead atoms. The summed E-state index contributed by atoms with van der Waals surface area (Å²) in [5, 5.41) is 11.5. The Kier molecular flexibility index (Phi) is 5.97. The van der Waals surface area contributed by atoms with E-state index in [1.54, 1.807) is 25.1 Å². The smallest absolute Gasteiger partial charge is 0.347 e. The second-order valence-electron chi connectivity index (χ2n) is 7.77. The molecule has 0 aromatic heterocycles. The summed E-state index contributed by atoms with van der Waals surface area (Å²) in [5.41, 5.74) is -1.14. The van der Waals surface area contributed by atoms with Gasteiger partial charge in [0.2, 0.25) is 0 Å². The number of benzene rings is 1. The molecular formula is C19H26Cl2O4. The van der Waals surface area contributed by atoms with Gasteiger partial charge in [-0.1, -0.05) is 44.0 Å². The summed E-state index contributed by atoms with van der Waals surface area (Å²) in [7, 11) is 0. The normalized spacial score (nSPS) is 29.8. The molecule has 1 N–H and O–H groups in total. The number of halogens is 2. The molecule has 6 heteroatoms. The number of ether oxygens (including phenoxy) is 2. The third-order valence-electron chi connectivity index (χ3n) is 5.50. The minimum Gasteiger partial charge on any atom is -0.477 e. The van der Waals surface area contributed by atoms with E-state index in [2.05, 4.69) is 0 Å². The van der Waals surface area contributed by atoms with Crippen LogP contribution in [0.25, 0.3) is 0 Å². The molecular weight excluding hydrogens is 363 g/mol. The van der Waals surface area contributed by atoms with Crippen LogP contribution in [0.1, 0.15) is 47.5 Å². The molecule has 0 saturated heterocycles. The Morgan fingerprint density at radius 2 is 1.96 bits per heavy atom. The van der Waals surface area contributed by atoms with Gasteiger partial charge in [0.25, 0.3) is 0 Å². The van der Waals surface area contributed by atoms with Crippen molar-refractivity contribution in [2.75, 3.05) is 0 Å². The van der Waals surface area contributed by atoms with Crippen LogP contribution in [0.2, 0.25) is 10.0 Å². The van der Waals surface area contributed by atoms with Crippen LogP contribution in [0, 0.1) is 11.3 Å². The van der Waals surface area contributed by atoms with Crippen LogP contribution in [0.15, 0.2) is 18.2 Å². The highest BCUT2D eigenvalue weighted by molar-refractivity contribution is 6.35. The molecule has 25 heavy (non-hydrogen) atoms. The molecule has 140 valence electrons. The predicted octanol–water partition coefficient (Wildman–Crippen LogP) is 4.88. The van der Waals surface area contributed by atoms with Gasteiger partial charge in [0.15, 0.2) is 6.10 Å². The fraction of sp³-hybridized carbons (Fsp3) is 0.632. The lowest BCUT2D eigenvalue weighted by Gasteiger charge is -2.50. The topological polar surface area (TPSA) is 55.8 Å². The van der Waals surface area contributed by atoms with E-state index in [1.165, 1.54) is 0 Å². The van der Waals surface area contributed by atoms with Crippen molar-refractivity contribution in [1.29, 1.82) is 0 Å². The molecule has 0 aliphatic heterocycles. The average molecular weight is 389 g/mol. The van der Waals surface area contributed by atoms with Crippen LogP contribution in [0.5, 0.6) is 5.75 Å². The Bertz CT molecular complexity index is 642. The number of esters is 1. The summed E-state index contributed by atoms with van der Waals surface area (Å²) in [4.78, 5) is 12.4. The van der Waals surface area contributed by atoms with Crippen molar-refractivity contribution in [3.8, 4) is 5.75 Å². The molecule has 1 fully saturated rings. The number of aliphatic hydroxyl groups is 1. The van der Waals surface area contributed by atoms with Gasteiger partial charge in [0, 0.05) is 5.02 Å². The second-order valence-corrected chi connectivity index (χ2v) is 8.61. The van der Waals surface area contributed by atoms with Gasteiger partial charge in [-0.05, 0) is 56.2 Å². The summed E-state index contributed by atoms with van der Waals surface area (Å²) in [5.74, 6) is -0.0349. The van der Waals surface area contributed by atoms with Crippen LogP contribution in [-0.4, -0.2) is 28.9 Å². The van der Waals surface area contributed by atoms with Gasteiger partial charge in [-0.25, -0.2) is 4.79 Å². The number of rotatable bonds is 4. The van der Waals surface area contributed by atoms with Gasteiger partial charge < -0.3 is 14.6 Å². The number of hydrogen-bond donors (Lipinski definition) is 1. The van der Waals surface area contributed by atoms with E-state index in [-0.39, 0.29) is 17.4 Å². The van der Waals surface area contributed by atoms with Crippen molar-refractivity contribution in [2.45, 2.75) is 65.3 Å². The van der Waals surface area contributed by atoms with E-state index >= 15 is 0 Å². The van der Waals surface area contributed by atoms with E-state index in [9.17, 15) is 9.90 Å². The predicted molar refractivity (Wildman–Crippen MR) is 99.2 cm³/mol. The molecule has 0 spiro atoms. The van der Waals surface area contributed by atoms with Gasteiger partial charge in [-0.15, -0.1) is 0 Å². The van der Waals surface area contributed by atoms with Crippen molar-refractivity contribution < 1.29 is 19.4 Å². The van der Waals surface area contributed by atoms with Crippen LogP contribution >= 0.6 is 23.2 Å². The quantitative estimate of drug-likeness (QED) is 0.746. The molecule has 1 aliphatic rings. The Labute approximate surface area is 159 Å². The second kappa shape index (κ2) is 7.34. The minimum absolute atomic E-state index is 0.0241. The largest absolute Gasteiger partial charge is 0.477 e. The van der Waals surface area contributed by atoms with Gasteiger partial charge in [-0.3, -0.25) is 0 Å². The van der Waals surface area contributed by atoms with Crippen molar-refractivity contribution >= 4 is 29.2 Å². The minimum atomic E-state index is -0.797. The molecule has 4 atom stereocenters. The standard InChI is InChI=1S/C19H26Cl2O4/c1-11-8-14(10-18(3,4)19(11,5)23)25-17(22)12(2)24-16-7-6-13(20)9-15(16)21/h6-7,9,11-12,14,23H,8,10H2,1-5H3. The van der Waals surface area contributed by atoms with Crippen molar-refractivity contribution in [2.24, 2.45) is 11.3 Å². The molecule has 0 amide bonds. The molecule has 0 radical (unpaired) electrons. The lowest BCUT2D eigenvalue weighted by Crippen LogP contribution is -2.54. The fourth-order valence-corrected chi connectivity index (χ4v) is 3.76. The third kappa shape index (κ3) is 4.42. The highest BCUT2D eigenvalue weighted by Crippen LogP contribution is 2.47. The van der Waals surface area contributed by atoms with E-state index in [0.717, 1.165) is 0 Å². The van der Waals surface area contributed by atoms with E-state index in [4.69, 9.17) is 32.7 Å². The average Bonchev–Trinajstić information content (AvgIpc) is 2.47. The van der Waals surface area contributed by atoms with Crippen molar-refractivity contribution in [1.82, 2.24) is 0 Å². The number of carbonyl (C=O) groups excluding carboxylic acids is 1. The molecule has 4 unspecified atom stereocenters. The zero-order valence-corrected chi connectivity index (χ0v) is 16.8. The number of carbonyl (C=O) groups is 1. The van der Waals surface area contributed by atoms with Crippen molar-refractivity contribution in [3.63, 3.8) is 0 Å². The maximum absolute atomic E-state index is 12.4. The third-order valence-corrected chi connectivity index (χ3v) is 6.03. The maximum atomic E-state index is 12.4. The van der Waals surface area contributed by atoms with Crippen LogP contribution in [0.3, 0.4) is 0 Å². The van der Waals surface area contributed by atoms with E-state index < -0.39 is 17.7 Å². The molecule has 1 aliphatic carbocycles. The molecule has 1 saturated carbocycles. The Morgan fingerprint density at radius 1 is 1.32 bits per heavy atom. The fourth-order valence-electron chi connectivity index (χ4n) is 3.31. The summed E-state index contributed by atoms with van der Waals surface area (Å²) in [6.07, 6.45) is 0.185. The highest BCUT2D eigenvalue weighted by atomic mass is 35.5. The molecule has 1 aromatic carbocycles. The van der Waals surface area contributed by atoms with E-state index in [1.807, 2.05) is 27.7 Å². The Hall–Kier alpha value is -0.970. The van der Waals surface area contributed by atoms with Crippen LogP contribution in [0.4, 0.5) is 0 Å². The first kappa shape index (κ1) is 20.3. The summed E-state index contributed by atoms with van der Waals surface area (Å²) < 4.78 is 11.3. The van der Waals surface area contributed by atoms with Gasteiger partial charge in [0.05, 0.1) is 10.6 Å².